The third-order valence-electron chi connectivity index (χ3n) is 3.15. The Balaban J connectivity index is 1.75. The van der Waals surface area contributed by atoms with Gasteiger partial charge in [-0.1, -0.05) is 12.1 Å². The average molecular weight is 232 g/mol. The van der Waals surface area contributed by atoms with E-state index in [-0.39, 0.29) is 6.10 Å². The number of methoxy groups -OCH3 is 1. The minimum atomic E-state index is 0.247. The summed E-state index contributed by atoms with van der Waals surface area (Å²) in [6.07, 6.45) is 2.30. The molecular formula is C13H16N2O2. The maximum Gasteiger partial charge on any atom is 0.297 e. The third-order valence-corrected chi connectivity index (χ3v) is 3.15. The number of hydrogen-bond acceptors (Lipinski definition) is 3. The molecule has 0 saturated carbocycles. The molecule has 4 heteroatoms. The third kappa shape index (κ3) is 1.89. The Morgan fingerprint density at radius 2 is 2.35 bits per heavy atom. The van der Waals surface area contributed by atoms with Gasteiger partial charge < -0.3 is 9.47 Å². The van der Waals surface area contributed by atoms with E-state index in [1.165, 1.54) is 0 Å². The van der Waals surface area contributed by atoms with Crippen molar-refractivity contribution in [3.63, 3.8) is 0 Å². The second-order valence-electron chi connectivity index (χ2n) is 4.37. The van der Waals surface area contributed by atoms with E-state index >= 15 is 0 Å². The van der Waals surface area contributed by atoms with Crippen molar-refractivity contribution in [2.75, 3.05) is 13.7 Å². The van der Waals surface area contributed by atoms with Crippen molar-refractivity contribution in [1.29, 1.82) is 0 Å². The topological polar surface area (TPSA) is 36.3 Å². The van der Waals surface area contributed by atoms with E-state index in [1.807, 2.05) is 18.2 Å². The first-order valence-corrected chi connectivity index (χ1v) is 5.99. The lowest BCUT2D eigenvalue weighted by atomic mass is 10.2. The summed E-state index contributed by atoms with van der Waals surface area (Å²) in [6, 6.07) is 8.90. The Bertz CT molecular complexity index is 521. The Labute approximate surface area is 100 Å². The quantitative estimate of drug-likeness (QED) is 0.758. The molecule has 0 radical (unpaired) electrons. The lowest BCUT2D eigenvalue weighted by Crippen LogP contribution is -2.15. The van der Waals surface area contributed by atoms with Crippen molar-refractivity contribution < 1.29 is 9.47 Å². The van der Waals surface area contributed by atoms with Crippen molar-refractivity contribution in [2.24, 2.45) is 0 Å². The van der Waals surface area contributed by atoms with Gasteiger partial charge in [-0.2, -0.15) is 4.98 Å². The highest BCUT2D eigenvalue weighted by atomic mass is 16.5. The van der Waals surface area contributed by atoms with Crippen molar-refractivity contribution in [1.82, 2.24) is 9.55 Å². The van der Waals surface area contributed by atoms with Gasteiger partial charge in [0.05, 0.1) is 17.6 Å². The molecule has 90 valence electrons. The Hall–Kier alpha value is -1.55. The van der Waals surface area contributed by atoms with Gasteiger partial charge in [0.2, 0.25) is 0 Å². The molecule has 0 fully saturated rings. The molecule has 1 aromatic carbocycles. The van der Waals surface area contributed by atoms with Crippen LogP contribution in [0.2, 0.25) is 0 Å². The van der Waals surface area contributed by atoms with Crippen LogP contribution in [0.4, 0.5) is 0 Å². The molecule has 0 bridgehead atoms. The first kappa shape index (κ1) is 10.6. The van der Waals surface area contributed by atoms with Gasteiger partial charge in [-0.15, -0.1) is 0 Å². The average Bonchev–Trinajstić information content (AvgIpc) is 2.86. The molecule has 0 N–H and O–H groups in total. The second kappa shape index (κ2) is 4.37. The van der Waals surface area contributed by atoms with Gasteiger partial charge in [0.25, 0.3) is 6.01 Å². The van der Waals surface area contributed by atoms with Crippen molar-refractivity contribution in [2.45, 2.75) is 25.5 Å². The fraction of sp³-hybridized carbons (Fsp3) is 0.462. The molecule has 1 aliphatic rings. The molecule has 0 saturated heterocycles. The number of rotatable bonds is 4. The number of benzene rings is 1. The number of nitrogens with zero attached hydrogens (tertiary/aromatic N) is 2. The number of ether oxygens (including phenoxy) is 2. The molecule has 3 rings (SSSR count). The lowest BCUT2D eigenvalue weighted by molar-refractivity contribution is 0.160. The summed E-state index contributed by atoms with van der Waals surface area (Å²) < 4.78 is 13.0. The van der Waals surface area contributed by atoms with Crippen LogP contribution in [-0.2, 0) is 11.3 Å². The molecule has 0 amide bonds. The Morgan fingerprint density at radius 1 is 1.47 bits per heavy atom. The molecule has 1 aliphatic heterocycles. The zero-order valence-electron chi connectivity index (χ0n) is 9.93. The molecule has 2 aromatic rings. The number of imidazole rings is 1. The molecule has 17 heavy (non-hydrogen) atoms. The maximum atomic E-state index is 5.83. The molecule has 0 aliphatic carbocycles. The molecular weight excluding hydrogens is 216 g/mol. The summed E-state index contributed by atoms with van der Waals surface area (Å²) in [5, 5.41) is 0. The molecule has 1 atom stereocenters. The van der Waals surface area contributed by atoms with E-state index in [0.29, 0.717) is 0 Å². The fourth-order valence-electron chi connectivity index (χ4n) is 2.32. The van der Waals surface area contributed by atoms with Crippen molar-refractivity contribution in [3.05, 3.63) is 24.3 Å². The van der Waals surface area contributed by atoms with Gasteiger partial charge in [-0.25, -0.2) is 0 Å². The van der Waals surface area contributed by atoms with Gasteiger partial charge in [-0.05, 0) is 25.0 Å². The lowest BCUT2D eigenvalue weighted by Gasteiger charge is -2.08. The van der Waals surface area contributed by atoms with Crippen LogP contribution < -0.4 is 4.74 Å². The van der Waals surface area contributed by atoms with E-state index in [1.54, 1.807) is 7.11 Å². The van der Waals surface area contributed by atoms with E-state index < -0.39 is 0 Å². The van der Waals surface area contributed by atoms with Crippen LogP contribution in [0, 0.1) is 0 Å². The largest absolute Gasteiger partial charge is 0.459 e. The van der Waals surface area contributed by atoms with Crippen LogP contribution in [0.25, 0.3) is 11.0 Å². The van der Waals surface area contributed by atoms with Gasteiger partial charge in [0.15, 0.2) is 0 Å². The Kier molecular flexibility index (Phi) is 2.73. The molecule has 0 spiro atoms. The summed E-state index contributed by atoms with van der Waals surface area (Å²) in [6.45, 7) is 1.70. The maximum absolute atomic E-state index is 5.83. The molecule has 1 aromatic heterocycles. The summed E-state index contributed by atoms with van der Waals surface area (Å²) in [5.74, 6) is 0. The summed E-state index contributed by atoms with van der Waals surface area (Å²) in [4.78, 5) is 4.48. The molecule has 4 nitrogen and oxygen atoms in total. The van der Waals surface area contributed by atoms with Gasteiger partial charge in [0, 0.05) is 13.7 Å². The van der Waals surface area contributed by atoms with Gasteiger partial charge >= 0.3 is 0 Å². The molecule has 1 unspecified atom stereocenters. The van der Waals surface area contributed by atoms with E-state index in [4.69, 9.17) is 9.47 Å². The first-order valence-electron chi connectivity index (χ1n) is 5.99. The first-order chi connectivity index (χ1) is 8.38. The van der Waals surface area contributed by atoms with Crippen molar-refractivity contribution in [3.8, 4) is 6.01 Å². The summed E-state index contributed by atoms with van der Waals surface area (Å²) in [5.41, 5.74) is 2.18. The minimum absolute atomic E-state index is 0.247. The van der Waals surface area contributed by atoms with Crippen LogP contribution >= 0.6 is 0 Å². The van der Waals surface area contributed by atoms with Crippen LogP contribution in [0.5, 0.6) is 6.01 Å². The van der Waals surface area contributed by atoms with Crippen LogP contribution in [0.1, 0.15) is 12.8 Å². The van der Waals surface area contributed by atoms with Crippen LogP contribution in [-0.4, -0.2) is 29.4 Å². The fourth-order valence-corrected chi connectivity index (χ4v) is 2.32. The van der Waals surface area contributed by atoms with Crippen LogP contribution in [0.3, 0.4) is 0 Å². The second-order valence-corrected chi connectivity index (χ2v) is 4.37. The van der Waals surface area contributed by atoms with E-state index in [0.717, 1.165) is 43.0 Å². The van der Waals surface area contributed by atoms with Gasteiger partial charge in [-0.3, -0.25) is 4.57 Å². The standard InChI is InChI=1S/C13H16N2O2/c1-16-8-4-5-10-9-15-12-7-3-2-6-11(12)14-13(15)17-10/h2-3,6-7,10H,4-5,8-9H2,1H3. The highest BCUT2D eigenvalue weighted by molar-refractivity contribution is 5.76. The normalized spacial score (nSPS) is 18.3. The zero-order chi connectivity index (χ0) is 11.7. The number of hydrogen-bond donors (Lipinski definition) is 0. The number of para-hydroxylation sites is 2. The van der Waals surface area contributed by atoms with E-state index in [2.05, 4.69) is 15.6 Å². The number of aromatic nitrogens is 2. The minimum Gasteiger partial charge on any atom is -0.459 e. The Morgan fingerprint density at radius 3 is 3.24 bits per heavy atom. The molecule has 2 heterocycles. The highest BCUT2D eigenvalue weighted by Crippen LogP contribution is 2.28. The van der Waals surface area contributed by atoms with E-state index in [9.17, 15) is 0 Å². The van der Waals surface area contributed by atoms with Crippen molar-refractivity contribution >= 4 is 11.0 Å². The summed E-state index contributed by atoms with van der Waals surface area (Å²) in [7, 11) is 1.73. The smallest absolute Gasteiger partial charge is 0.297 e. The SMILES string of the molecule is COCCCC1Cn2c(nc3ccccc32)O1. The number of fused-ring (bicyclic) bond motifs is 3. The monoisotopic (exact) mass is 232 g/mol. The summed E-state index contributed by atoms with van der Waals surface area (Å²) >= 11 is 0. The van der Waals surface area contributed by atoms with Crippen LogP contribution in [0.15, 0.2) is 24.3 Å². The van der Waals surface area contributed by atoms with Gasteiger partial charge in [0.1, 0.15) is 6.10 Å². The highest BCUT2D eigenvalue weighted by Gasteiger charge is 2.25. The predicted molar refractivity (Wildman–Crippen MR) is 65.3 cm³/mol. The predicted octanol–water partition coefficient (Wildman–Crippen LogP) is 2.22. The zero-order valence-corrected chi connectivity index (χ0v) is 9.93.